The van der Waals surface area contributed by atoms with Crippen molar-refractivity contribution in [1.82, 2.24) is 19.8 Å². The molecule has 182 valence electrons. The molecule has 1 aliphatic rings. The van der Waals surface area contributed by atoms with Crippen LogP contribution in [-0.2, 0) is 18.4 Å². The third-order valence-corrected chi connectivity index (χ3v) is 7.84. The number of thiophene rings is 1. The van der Waals surface area contributed by atoms with Gasteiger partial charge in [0.05, 0.1) is 11.0 Å². The zero-order chi connectivity index (χ0) is 24.1. The SMILES string of the molecule is CCC(C)N(CCNC(=O)C1CCN(c2nc3ccccc3n(C)c2=O)CC1)Cc1cccs1. The molecule has 2 aromatic heterocycles. The van der Waals surface area contributed by atoms with Crippen LogP contribution in [0.2, 0.25) is 0 Å². The van der Waals surface area contributed by atoms with Gasteiger partial charge >= 0.3 is 0 Å². The maximum Gasteiger partial charge on any atom is 0.293 e. The second-order valence-electron chi connectivity index (χ2n) is 9.15. The minimum absolute atomic E-state index is 0.0186. The Morgan fingerprint density at radius 3 is 2.71 bits per heavy atom. The van der Waals surface area contributed by atoms with E-state index >= 15 is 0 Å². The third kappa shape index (κ3) is 5.50. The lowest BCUT2D eigenvalue weighted by Crippen LogP contribution is -2.45. The molecule has 1 amide bonds. The number of hydrogen-bond acceptors (Lipinski definition) is 6. The van der Waals surface area contributed by atoms with Crippen molar-refractivity contribution in [2.24, 2.45) is 13.0 Å². The predicted molar refractivity (Wildman–Crippen MR) is 139 cm³/mol. The maximum absolute atomic E-state index is 12.9. The molecular weight excluding hydrogens is 446 g/mol. The Kier molecular flexibility index (Phi) is 8.00. The largest absolute Gasteiger partial charge is 0.355 e. The van der Waals surface area contributed by atoms with Gasteiger partial charge in [0.2, 0.25) is 5.91 Å². The minimum atomic E-state index is -0.0857. The van der Waals surface area contributed by atoms with E-state index in [-0.39, 0.29) is 17.4 Å². The van der Waals surface area contributed by atoms with Crippen LogP contribution in [0.15, 0.2) is 46.6 Å². The van der Waals surface area contributed by atoms with Crippen LogP contribution in [0.4, 0.5) is 5.82 Å². The molecule has 1 saturated heterocycles. The molecule has 34 heavy (non-hydrogen) atoms. The van der Waals surface area contributed by atoms with Crippen molar-refractivity contribution in [3.63, 3.8) is 0 Å². The fourth-order valence-electron chi connectivity index (χ4n) is 4.61. The molecule has 0 saturated carbocycles. The highest BCUT2D eigenvalue weighted by Gasteiger charge is 2.27. The van der Waals surface area contributed by atoms with Crippen molar-refractivity contribution < 1.29 is 4.79 Å². The second-order valence-corrected chi connectivity index (χ2v) is 10.2. The quantitative estimate of drug-likeness (QED) is 0.505. The smallest absolute Gasteiger partial charge is 0.293 e. The Morgan fingerprint density at radius 2 is 2.00 bits per heavy atom. The number of aryl methyl sites for hydroxylation is 1. The molecule has 0 radical (unpaired) electrons. The number of carbonyl (C=O) groups is 1. The lowest BCUT2D eigenvalue weighted by molar-refractivity contribution is -0.125. The van der Waals surface area contributed by atoms with Crippen molar-refractivity contribution in [2.45, 2.75) is 45.7 Å². The summed E-state index contributed by atoms with van der Waals surface area (Å²) < 4.78 is 1.66. The van der Waals surface area contributed by atoms with Gasteiger partial charge in [-0.25, -0.2) is 4.98 Å². The number of piperidine rings is 1. The van der Waals surface area contributed by atoms with Gasteiger partial charge in [0.1, 0.15) is 0 Å². The molecule has 3 aromatic rings. The van der Waals surface area contributed by atoms with E-state index in [0.717, 1.165) is 43.4 Å². The number of nitrogens with zero attached hydrogens (tertiary/aromatic N) is 4. The first-order valence-corrected chi connectivity index (χ1v) is 13.1. The number of para-hydroxylation sites is 2. The van der Waals surface area contributed by atoms with Crippen LogP contribution in [0.3, 0.4) is 0 Å². The van der Waals surface area contributed by atoms with Crippen molar-refractivity contribution in [3.05, 3.63) is 57.0 Å². The molecule has 1 aromatic carbocycles. The summed E-state index contributed by atoms with van der Waals surface area (Å²) in [5, 5.41) is 5.28. The molecule has 8 heteroatoms. The number of hydrogen-bond donors (Lipinski definition) is 1. The molecule has 3 heterocycles. The van der Waals surface area contributed by atoms with Crippen LogP contribution in [0.1, 0.15) is 38.0 Å². The lowest BCUT2D eigenvalue weighted by Gasteiger charge is -2.32. The van der Waals surface area contributed by atoms with Gasteiger partial charge in [0.25, 0.3) is 5.56 Å². The van der Waals surface area contributed by atoms with E-state index in [0.29, 0.717) is 31.5 Å². The van der Waals surface area contributed by atoms with Gasteiger partial charge in [-0.2, -0.15) is 0 Å². The van der Waals surface area contributed by atoms with Crippen LogP contribution in [0, 0.1) is 5.92 Å². The van der Waals surface area contributed by atoms with Gasteiger partial charge in [0.15, 0.2) is 5.82 Å². The normalized spacial score (nSPS) is 15.7. The highest BCUT2D eigenvalue weighted by atomic mass is 32.1. The summed E-state index contributed by atoms with van der Waals surface area (Å²) in [5.74, 6) is 0.590. The fourth-order valence-corrected chi connectivity index (χ4v) is 5.34. The number of fused-ring (bicyclic) bond motifs is 1. The lowest BCUT2D eigenvalue weighted by atomic mass is 9.96. The number of benzene rings is 1. The van der Waals surface area contributed by atoms with Crippen LogP contribution >= 0.6 is 11.3 Å². The minimum Gasteiger partial charge on any atom is -0.355 e. The van der Waals surface area contributed by atoms with E-state index < -0.39 is 0 Å². The van der Waals surface area contributed by atoms with Crippen LogP contribution in [0.5, 0.6) is 0 Å². The van der Waals surface area contributed by atoms with Crippen LogP contribution < -0.4 is 15.8 Å². The summed E-state index contributed by atoms with van der Waals surface area (Å²) in [6.45, 7) is 8.20. The number of anilines is 1. The van der Waals surface area contributed by atoms with Gasteiger partial charge in [-0.3, -0.25) is 14.5 Å². The number of aromatic nitrogens is 2. The van der Waals surface area contributed by atoms with E-state index in [4.69, 9.17) is 0 Å². The van der Waals surface area contributed by atoms with Gasteiger partial charge < -0.3 is 14.8 Å². The summed E-state index contributed by atoms with van der Waals surface area (Å²) in [6.07, 6.45) is 2.54. The molecule has 7 nitrogen and oxygen atoms in total. The highest BCUT2D eigenvalue weighted by Crippen LogP contribution is 2.22. The summed E-state index contributed by atoms with van der Waals surface area (Å²) in [4.78, 5) is 36.2. The molecule has 1 aliphatic heterocycles. The van der Waals surface area contributed by atoms with Crippen LogP contribution in [-0.4, -0.2) is 52.6 Å². The van der Waals surface area contributed by atoms with Gasteiger partial charge in [0, 0.05) is 56.6 Å². The van der Waals surface area contributed by atoms with E-state index in [1.807, 2.05) is 29.2 Å². The first-order chi connectivity index (χ1) is 16.5. The molecule has 0 aliphatic carbocycles. The Labute approximate surface area is 205 Å². The summed E-state index contributed by atoms with van der Waals surface area (Å²) >= 11 is 1.78. The van der Waals surface area contributed by atoms with E-state index in [2.05, 4.69) is 46.6 Å². The van der Waals surface area contributed by atoms with Crippen molar-refractivity contribution in [3.8, 4) is 0 Å². The van der Waals surface area contributed by atoms with Gasteiger partial charge in [-0.05, 0) is 49.8 Å². The average molecular weight is 482 g/mol. The Morgan fingerprint density at radius 1 is 1.24 bits per heavy atom. The molecule has 1 fully saturated rings. The van der Waals surface area contributed by atoms with Crippen molar-refractivity contribution in [1.29, 1.82) is 0 Å². The number of carbonyl (C=O) groups excluding carboxylic acids is 1. The Bertz CT molecular complexity index is 1150. The van der Waals surface area contributed by atoms with E-state index in [9.17, 15) is 9.59 Å². The summed E-state index contributed by atoms with van der Waals surface area (Å²) in [6, 6.07) is 12.4. The Hall–Kier alpha value is -2.71. The number of nitrogens with one attached hydrogen (secondary N) is 1. The number of amides is 1. The molecule has 1 unspecified atom stereocenters. The highest BCUT2D eigenvalue weighted by molar-refractivity contribution is 7.09. The third-order valence-electron chi connectivity index (χ3n) is 6.98. The molecule has 0 spiro atoms. The molecule has 4 rings (SSSR count). The van der Waals surface area contributed by atoms with Gasteiger partial charge in [-0.1, -0.05) is 25.1 Å². The summed E-state index contributed by atoms with van der Waals surface area (Å²) in [5.41, 5.74) is 1.56. The molecule has 1 N–H and O–H groups in total. The van der Waals surface area contributed by atoms with E-state index in [1.165, 1.54) is 4.88 Å². The standard InChI is InChI=1S/C26H35N5O2S/c1-4-19(2)31(18-21-8-7-17-34-21)16-13-27-25(32)20-11-14-30(15-12-20)24-26(33)29(3)23-10-6-5-9-22(23)28-24/h5-10,17,19-20H,4,11-16,18H2,1-3H3,(H,27,32). The molecule has 1 atom stereocenters. The van der Waals surface area contributed by atoms with Gasteiger partial charge in [-0.15, -0.1) is 11.3 Å². The van der Waals surface area contributed by atoms with E-state index in [1.54, 1.807) is 23.0 Å². The predicted octanol–water partition coefficient (Wildman–Crippen LogP) is 3.63. The topological polar surface area (TPSA) is 70.5 Å². The molecule has 0 bridgehead atoms. The first-order valence-electron chi connectivity index (χ1n) is 12.2. The summed E-state index contributed by atoms with van der Waals surface area (Å²) in [7, 11) is 1.79. The van der Waals surface area contributed by atoms with Crippen LogP contribution in [0.25, 0.3) is 11.0 Å². The van der Waals surface area contributed by atoms with Crippen molar-refractivity contribution in [2.75, 3.05) is 31.1 Å². The second kappa shape index (κ2) is 11.1. The first kappa shape index (κ1) is 24.4. The maximum atomic E-state index is 12.9. The zero-order valence-corrected chi connectivity index (χ0v) is 21.2. The Balaban J connectivity index is 1.30. The number of rotatable bonds is 9. The fraction of sp³-hybridized carbons (Fsp3) is 0.500. The molecular formula is C26H35N5O2S. The zero-order valence-electron chi connectivity index (χ0n) is 20.4. The van der Waals surface area contributed by atoms with Crippen molar-refractivity contribution >= 4 is 34.1 Å². The average Bonchev–Trinajstić information content (AvgIpc) is 3.38. The monoisotopic (exact) mass is 481 g/mol.